The van der Waals surface area contributed by atoms with Gasteiger partial charge in [-0.3, -0.25) is 0 Å². The quantitative estimate of drug-likeness (QED) is 0.573. The van der Waals surface area contributed by atoms with E-state index in [9.17, 15) is 10.5 Å². The van der Waals surface area contributed by atoms with E-state index in [0.717, 1.165) is 4.88 Å². The van der Waals surface area contributed by atoms with E-state index in [1.54, 1.807) is 6.08 Å². The molecule has 1 aromatic rings. The van der Waals surface area contributed by atoms with Gasteiger partial charge in [-0.2, -0.15) is 10.5 Å². The molecule has 88 valence electrons. The van der Waals surface area contributed by atoms with Crippen LogP contribution in [0, 0.1) is 22.7 Å². The molecule has 0 aromatic carbocycles. The Morgan fingerprint density at radius 2 is 2.29 bits per heavy atom. The van der Waals surface area contributed by atoms with Gasteiger partial charge in [-0.25, -0.2) is 0 Å². The van der Waals surface area contributed by atoms with Crippen LogP contribution in [0.1, 0.15) is 10.8 Å². The molecule has 1 rings (SSSR count). The first kappa shape index (κ1) is 13.4. The fraction of sp³-hybridized carbons (Fsp3) is 0.333. The van der Waals surface area contributed by atoms with Crippen molar-refractivity contribution in [2.75, 3.05) is 13.9 Å². The molecule has 1 atom stereocenters. The summed E-state index contributed by atoms with van der Waals surface area (Å²) in [7, 11) is 1.44. The molecule has 0 radical (unpaired) electrons. The predicted molar refractivity (Wildman–Crippen MR) is 64.2 cm³/mol. The number of thiophene rings is 1. The molecule has 0 amide bonds. The van der Waals surface area contributed by atoms with E-state index in [1.807, 2.05) is 29.7 Å². The highest BCUT2D eigenvalue weighted by Crippen LogP contribution is 2.34. The van der Waals surface area contributed by atoms with E-state index in [-0.39, 0.29) is 6.79 Å². The van der Waals surface area contributed by atoms with Crippen molar-refractivity contribution in [3.05, 3.63) is 35.0 Å². The number of methoxy groups -OCH3 is 1. The topological polar surface area (TPSA) is 66.0 Å². The van der Waals surface area contributed by atoms with Gasteiger partial charge in [0.15, 0.2) is 0 Å². The molecule has 17 heavy (non-hydrogen) atoms. The zero-order chi connectivity index (χ0) is 12.7. The number of nitrogens with zero attached hydrogens (tertiary/aromatic N) is 2. The van der Waals surface area contributed by atoms with Crippen LogP contribution in [0.5, 0.6) is 0 Å². The van der Waals surface area contributed by atoms with Gasteiger partial charge in [0.05, 0.1) is 5.92 Å². The molecular weight excluding hydrogens is 236 g/mol. The third-order valence-electron chi connectivity index (χ3n) is 2.26. The minimum absolute atomic E-state index is 0.114. The second-order valence-electron chi connectivity index (χ2n) is 3.24. The van der Waals surface area contributed by atoms with Gasteiger partial charge in [-0.05, 0) is 11.4 Å². The van der Waals surface area contributed by atoms with Crippen LogP contribution in [-0.2, 0) is 9.47 Å². The standard InChI is InChI=1S/C12H12N2O2S/c1-3-10(11-5-4-6-17-11)12(7-13,8-14)16-9-15-2/h3-6,10H,1,9H2,2H3/t10-/m1/s1. The number of ether oxygens (including phenoxy) is 2. The molecule has 0 aliphatic rings. The van der Waals surface area contributed by atoms with Crippen LogP contribution in [-0.4, -0.2) is 19.5 Å². The first-order valence-corrected chi connectivity index (χ1v) is 5.73. The molecule has 4 nitrogen and oxygen atoms in total. The van der Waals surface area contributed by atoms with Gasteiger partial charge in [-0.1, -0.05) is 12.1 Å². The zero-order valence-corrected chi connectivity index (χ0v) is 10.2. The zero-order valence-electron chi connectivity index (χ0n) is 9.42. The molecule has 0 spiro atoms. The number of nitriles is 2. The largest absolute Gasteiger partial charge is 0.359 e. The molecule has 1 heterocycles. The van der Waals surface area contributed by atoms with Crippen molar-refractivity contribution >= 4 is 11.3 Å². The molecule has 0 saturated carbocycles. The van der Waals surface area contributed by atoms with Gasteiger partial charge < -0.3 is 9.47 Å². The average Bonchev–Trinajstić information content (AvgIpc) is 2.88. The molecule has 0 bridgehead atoms. The first-order valence-electron chi connectivity index (χ1n) is 4.85. The lowest BCUT2D eigenvalue weighted by Crippen LogP contribution is -2.36. The van der Waals surface area contributed by atoms with Crippen LogP contribution in [0.25, 0.3) is 0 Å². The Bertz CT molecular complexity index is 428. The monoisotopic (exact) mass is 248 g/mol. The van der Waals surface area contributed by atoms with E-state index in [0.29, 0.717) is 0 Å². The molecule has 0 aliphatic heterocycles. The normalized spacial score (nSPS) is 12.4. The van der Waals surface area contributed by atoms with Crippen LogP contribution in [0.4, 0.5) is 0 Å². The Labute approximate surface area is 104 Å². The summed E-state index contributed by atoms with van der Waals surface area (Å²) in [5.74, 6) is -0.493. The highest BCUT2D eigenvalue weighted by Gasteiger charge is 2.41. The fourth-order valence-electron chi connectivity index (χ4n) is 1.42. The summed E-state index contributed by atoms with van der Waals surface area (Å²) >= 11 is 1.45. The Kier molecular flexibility index (Phi) is 4.86. The second kappa shape index (κ2) is 6.17. The van der Waals surface area contributed by atoms with Gasteiger partial charge in [0, 0.05) is 12.0 Å². The fourth-order valence-corrected chi connectivity index (χ4v) is 2.30. The van der Waals surface area contributed by atoms with Crippen LogP contribution >= 0.6 is 11.3 Å². The third-order valence-corrected chi connectivity index (χ3v) is 3.22. The van der Waals surface area contributed by atoms with Crippen LogP contribution in [0.3, 0.4) is 0 Å². The lowest BCUT2D eigenvalue weighted by molar-refractivity contribution is -0.0852. The van der Waals surface area contributed by atoms with Crippen molar-refractivity contribution in [1.29, 1.82) is 10.5 Å². The minimum atomic E-state index is -1.59. The summed E-state index contributed by atoms with van der Waals surface area (Å²) in [5.41, 5.74) is -1.59. The lowest BCUT2D eigenvalue weighted by atomic mass is 9.88. The molecule has 0 fully saturated rings. The van der Waals surface area contributed by atoms with Gasteiger partial charge in [0.1, 0.15) is 18.9 Å². The number of hydrogen-bond acceptors (Lipinski definition) is 5. The van der Waals surface area contributed by atoms with Crippen LogP contribution < -0.4 is 0 Å². The van der Waals surface area contributed by atoms with E-state index in [4.69, 9.17) is 9.47 Å². The van der Waals surface area contributed by atoms with Crippen molar-refractivity contribution in [1.82, 2.24) is 0 Å². The predicted octanol–water partition coefficient (Wildman–Crippen LogP) is 2.42. The Balaban J connectivity index is 3.09. The van der Waals surface area contributed by atoms with Gasteiger partial charge in [-0.15, -0.1) is 17.9 Å². The van der Waals surface area contributed by atoms with Crippen molar-refractivity contribution in [3.63, 3.8) is 0 Å². The maximum atomic E-state index is 9.21. The molecule has 0 N–H and O–H groups in total. The van der Waals surface area contributed by atoms with Gasteiger partial charge in [0.2, 0.25) is 0 Å². The maximum Gasteiger partial charge on any atom is 0.254 e. The van der Waals surface area contributed by atoms with E-state index in [1.165, 1.54) is 18.4 Å². The summed E-state index contributed by atoms with van der Waals surface area (Å²) in [6.45, 7) is 3.56. The Morgan fingerprint density at radius 1 is 1.59 bits per heavy atom. The third kappa shape index (κ3) is 2.72. The van der Waals surface area contributed by atoms with Crippen LogP contribution in [0.2, 0.25) is 0 Å². The molecule has 0 saturated heterocycles. The summed E-state index contributed by atoms with van der Waals surface area (Å²) in [4.78, 5) is 0.860. The summed E-state index contributed by atoms with van der Waals surface area (Å²) in [6, 6.07) is 7.52. The average molecular weight is 248 g/mol. The minimum Gasteiger partial charge on any atom is -0.359 e. The van der Waals surface area contributed by atoms with Crippen molar-refractivity contribution < 1.29 is 9.47 Å². The molecule has 1 aromatic heterocycles. The summed E-state index contributed by atoms with van der Waals surface area (Å²) < 4.78 is 10.0. The SMILES string of the molecule is C=C[C@H](c1cccs1)C(C#N)(C#N)OCOC. The van der Waals surface area contributed by atoms with Crippen molar-refractivity contribution in [2.45, 2.75) is 11.5 Å². The van der Waals surface area contributed by atoms with Gasteiger partial charge in [0.25, 0.3) is 5.60 Å². The summed E-state index contributed by atoms with van der Waals surface area (Å²) in [5, 5.41) is 20.3. The number of hydrogen-bond donors (Lipinski definition) is 0. The smallest absolute Gasteiger partial charge is 0.254 e. The molecule has 0 aliphatic carbocycles. The lowest BCUT2D eigenvalue weighted by Gasteiger charge is -2.25. The first-order chi connectivity index (χ1) is 8.24. The van der Waals surface area contributed by atoms with Gasteiger partial charge >= 0.3 is 0 Å². The second-order valence-corrected chi connectivity index (χ2v) is 4.22. The molecule has 0 unspecified atom stereocenters. The number of rotatable bonds is 6. The van der Waals surface area contributed by atoms with E-state index >= 15 is 0 Å². The summed E-state index contributed by atoms with van der Waals surface area (Å²) in [6.07, 6.45) is 1.55. The van der Waals surface area contributed by atoms with Crippen molar-refractivity contribution in [2.24, 2.45) is 0 Å². The van der Waals surface area contributed by atoms with E-state index in [2.05, 4.69) is 6.58 Å². The Morgan fingerprint density at radius 3 is 2.71 bits per heavy atom. The maximum absolute atomic E-state index is 9.21. The molecular formula is C12H12N2O2S. The highest BCUT2D eigenvalue weighted by atomic mass is 32.1. The Hall–Kier alpha value is -1.66. The van der Waals surface area contributed by atoms with Crippen LogP contribution in [0.15, 0.2) is 30.2 Å². The molecule has 5 heteroatoms. The van der Waals surface area contributed by atoms with Crippen molar-refractivity contribution in [3.8, 4) is 12.1 Å². The van der Waals surface area contributed by atoms with E-state index < -0.39 is 11.5 Å². The highest BCUT2D eigenvalue weighted by molar-refractivity contribution is 7.10.